The van der Waals surface area contributed by atoms with Crippen molar-refractivity contribution in [2.45, 2.75) is 69.5 Å². The summed E-state index contributed by atoms with van der Waals surface area (Å²) >= 11 is 0. The molecule has 0 aromatic heterocycles. The van der Waals surface area contributed by atoms with Gasteiger partial charge in [0.05, 0.1) is 5.54 Å². The van der Waals surface area contributed by atoms with Gasteiger partial charge in [0.2, 0.25) is 5.91 Å². The first-order chi connectivity index (χ1) is 8.63. The molecule has 0 bridgehead atoms. The van der Waals surface area contributed by atoms with E-state index < -0.39 is 5.54 Å². The minimum Gasteiger partial charge on any atom is -0.368 e. The van der Waals surface area contributed by atoms with Crippen molar-refractivity contribution < 1.29 is 4.79 Å². The molecule has 3 N–H and O–H groups in total. The standard InChI is InChI=1S/C14H27N3O/c1-3-4-9-17(11-5-6-11)12-7-8-14(10-12,16-2)13(15)18/h11-12,16H,3-10H2,1-2H3,(H2,15,18). The average molecular weight is 253 g/mol. The van der Waals surface area contributed by atoms with Crippen LogP contribution in [0.25, 0.3) is 0 Å². The number of unbranched alkanes of at least 4 members (excludes halogenated alkanes) is 1. The molecular formula is C14H27N3O. The molecule has 2 fully saturated rings. The summed E-state index contributed by atoms with van der Waals surface area (Å²) in [6, 6.07) is 1.33. The number of likely N-dealkylation sites (N-methyl/N-ethyl adjacent to an activating group) is 1. The molecule has 2 atom stereocenters. The molecular weight excluding hydrogens is 226 g/mol. The molecule has 0 aromatic rings. The van der Waals surface area contributed by atoms with Crippen LogP contribution in [0.2, 0.25) is 0 Å². The predicted octanol–water partition coefficient (Wildman–Crippen LogP) is 1.25. The quantitative estimate of drug-likeness (QED) is 0.718. The van der Waals surface area contributed by atoms with Gasteiger partial charge in [-0.2, -0.15) is 0 Å². The Morgan fingerprint density at radius 3 is 2.56 bits per heavy atom. The van der Waals surface area contributed by atoms with Crippen LogP contribution in [0.15, 0.2) is 0 Å². The summed E-state index contributed by atoms with van der Waals surface area (Å²) in [5.41, 5.74) is 5.12. The van der Waals surface area contributed by atoms with Gasteiger partial charge in [-0.15, -0.1) is 0 Å². The summed E-state index contributed by atoms with van der Waals surface area (Å²) < 4.78 is 0. The third-order valence-corrected chi connectivity index (χ3v) is 4.69. The first-order valence-corrected chi connectivity index (χ1v) is 7.37. The smallest absolute Gasteiger partial charge is 0.237 e. The van der Waals surface area contributed by atoms with Crippen molar-refractivity contribution in [2.75, 3.05) is 13.6 Å². The monoisotopic (exact) mass is 253 g/mol. The highest BCUT2D eigenvalue weighted by atomic mass is 16.1. The number of rotatable bonds is 7. The molecule has 0 saturated heterocycles. The highest BCUT2D eigenvalue weighted by Gasteiger charge is 2.46. The molecule has 2 rings (SSSR count). The van der Waals surface area contributed by atoms with Crippen LogP contribution in [0.4, 0.5) is 0 Å². The zero-order valence-corrected chi connectivity index (χ0v) is 11.7. The maximum absolute atomic E-state index is 11.7. The summed E-state index contributed by atoms with van der Waals surface area (Å²) in [6.45, 7) is 3.42. The summed E-state index contributed by atoms with van der Waals surface area (Å²) in [6.07, 6.45) is 8.05. The van der Waals surface area contributed by atoms with E-state index in [1.807, 2.05) is 7.05 Å². The Morgan fingerprint density at radius 1 is 1.39 bits per heavy atom. The number of nitrogens with two attached hydrogens (primary N) is 1. The lowest BCUT2D eigenvalue weighted by Crippen LogP contribution is -2.53. The summed E-state index contributed by atoms with van der Waals surface area (Å²) in [7, 11) is 1.86. The van der Waals surface area contributed by atoms with E-state index in [1.165, 1.54) is 32.2 Å². The molecule has 2 aliphatic carbocycles. The van der Waals surface area contributed by atoms with E-state index in [-0.39, 0.29) is 5.91 Å². The number of nitrogens with zero attached hydrogens (tertiary/aromatic N) is 1. The molecule has 0 spiro atoms. The first kappa shape index (κ1) is 13.8. The van der Waals surface area contributed by atoms with E-state index in [4.69, 9.17) is 5.73 Å². The maximum Gasteiger partial charge on any atom is 0.237 e. The van der Waals surface area contributed by atoms with Gasteiger partial charge in [0.15, 0.2) is 0 Å². The van der Waals surface area contributed by atoms with E-state index in [9.17, 15) is 4.79 Å². The summed E-state index contributed by atoms with van der Waals surface area (Å²) in [4.78, 5) is 14.3. The lowest BCUT2D eigenvalue weighted by molar-refractivity contribution is -0.124. The van der Waals surface area contributed by atoms with Crippen LogP contribution >= 0.6 is 0 Å². The van der Waals surface area contributed by atoms with Gasteiger partial charge < -0.3 is 11.1 Å². The number of carbonyl (C=O) groups excluding carboxylic acids is 1. The molecule has 0 aliphatic heterocycles. The molecule has 0 heterocycles. The topological polar surface area (TPSA) is 58.4 Å². The Bertz CT molecular complexity index is 303. The SMILES string of the molecule is CCCCN(C1CC1)C1CCC(NC)(C(N)=O)C1. The van der Waals surface area contributed by atoms with Crippen LogP contribution in [0.1, 0.15) is 51.9 Å². The Balaban J connectivity index is 1.98. The van der Waals surface area contributed by atoms with Gasteiger partial charge in [0.25, 0.3) is 0 Å². The molecule has 2 aliphatic rings. The lowest BCUT2D eigenvalue weighted by atomic mass is 9.96. The van der Waals surface area contributed by atoms with Crippen LogP contribution in [-0.4, -0.2) is 42.0 Å². The molecule has 4 heteroatoms. The van der Waals surface area contributed by atoms with E-state index in [2.05, 4.69) is 17.1 Å². The Kier molecular flexibility index (Phi) is 4.28. The fourth-order valence-corrected chi connectivity index (χ4v) is 3.29. The highest BCUT2D eigenvalue weighted by Crippen LogP contribution is 2.38. The van der Waals surface area contributed by atoms with Crippen molar-refractivity contribution >= 4 is 5.91 Å². The van der Waals surface area contributed by atoms with Gasteiger partial charge in [-0.3, -0.25) is 9.69 Å². The van der Waals surface area contributed by atoms with Crippen molar-refractivity contribution in [1.29, 1.82) is 0 Å². The minimum absolute atomic E-state index is 0.182. The third-order valence-electron chi connectivity index (χ3n) is 4.69. The second kappa shape index (κ2) is 5.57. The van der Waals surface area contributed by atoms with Crippen molar-refractivity contribution in [2.24, 2.45) is 5.73 Å². The van der Waals surface area contributed by atoms with Crippen LogP contribution < -0.4 is 11.1 Å². The average Bonchev–Trinajstić information content (AvgIpc) is 3.09. The molecule has 0 radical (unpaired) electrons. The lowest BCUT2D eigenvalue weighted by Gasteiger charge is -2.31. The third kappa shape index (κ3) is 2.69. The van der Waals surface area contributed by atoms with Gasteiger partial charge >= 0.3 is 0 Å². The fourth-order valence-electron chi connectivity index (χ4n) is 3.29. The van der Waals surface area contributed by atoms with Crippen molar-refractivity contribution in [3.05, 3.63) is 0 Å². The number of hydrogen-bond acceptors (Lipinski definition) is 3. The van der Waals surface area contributed by atoms with Gasteiger partial charge in [-0.1, -0.05) is 13.3 Å². The zero-order valence-electron chi connectivity index (χ0n) is 11.7. The first-order valence-electron chi connectivity index (χ1n) is 7.37. The predicted molar refractivity (Wildman–Crippen MR) is 73.3 cm³/mol. The molecule has 4 nitrogen and oxygen atoms in total. The molecule has 0 aromatic carbocycles. The Hall–Kier alpha value is -0.610. The van der Waals surface area contributed by atoms with Gasteiger partial charge in [0, 0.05) is 12.1 Å². The Morgan fingerprint density at radius 2 is 2.11 bits per heavy atom. The largest absolute Gasteiger partial charge is 0.368 e. The van der Waals surface area contributed by atoms with Crippen molar-refractivity contribution in [3.8, 4) is 0 Å². The van der Waals surface area contributed by atoms with Crippen LogP contribution in [0.3, 0.4) is 0 Å². The normalized spacial score (nSPS) is 32.1. The second-order valence-corrected chi connectivity index (χ2v) is 5.92. The Labute approximate surface area is 110 Å². The number of primary amides is 1. The van der Waals surface area contributed by atoms with Crippen LogP contribution in [-0.2, 0) is 4.79 Å². The summed E-state index contributed by atoms with van der Waals surface area (Å²) in [5, 5.41) is 3.18. The zero-order chi connectivity index (χ0) is 13.2. The molecule has 2 unspecified atom stereocenters. The van der Waals surface area contributed by atoms with Gasteiger partial charge in [0.1, 0.15) is 0 Å². The molecule has 104 valence electrons. The van der Waals surface area contributed by atoms with E-state index >= 15 is 0 Å². The molecule has 1 amide bonds. The highest BCUT2D eigenvalue weighted by molar-refractivity contribution is 5.85. The van der Waals surface area contributed by atoms with Crippen LogP contribution in [0.5, 0.6) is 0 Å². The van der Waals surface area contributed by atoms with E-state index in [1.54, 1.807) is 0 Å². The molecule has 18 heavy (non-hydrogen) atoms. The summed E-state index contributed by atoms with van der Waals surface area (Å²) in [5.74, 6) is -0.182. The maximum atomic E-state index is 11.7. The van der Waals surface area contributed by atoms with Crippen molar-refractivity contribution in [3.63, 3.8) is 0 Å². The number of hydrogen-bond donors (Lipinski definition) is 2. The van der Waals surface area contributed by atoms with Crippen LogP contribution in [0, 0.1) is 0 Å². The van der Waals surface area contributed by atoms with Crippen molar-refractivity contribution in [1.82, 2.24) is 10.2 Å². The fraction of sp³-hybridized carbons (Fsp3) is 0.929. The number of nitrogens with one attached hydrogen (secondary N) is 1. The van der Waals surface area contributed by atoms with Gasteiger partial charge in [-0.05, 0) is 52.1 Å². The number of amides is 1. The number of carbonyl (C=O) groups is 1. The van der Waals surface area contributed by atoms with E-state index in [0.717, 1.165) is 25.3 Å². The van der Waals surface area contributed by atoms with Gasteiger partial charge in [-0.25, -0.2) is 0 Å². The van der Waals surface area contributed by atoms with E-state index in [0.29, 0.717) is 6.04 Å². The second-order valence-electron chi connectivity index (χ2n) is 5.92. The minimum atomic E-state index is -0.454. The molecule has 2 saturated carbocycles.